The second-order valence-electron chi connectivity index (χ2n) is 5.39. The van der Waals surface area contributed by atoms with Crippen LogP contribution in [0.1, 0.15) is 32.3 Å². The minimum Gasteiger partial charge on any atom is -0.493 e. The Morgan fingerprint density at radius 2 is 2.25 bits per heavy atom. The highest BCUT2D eigenvalue weighted by molar-refractivity contribution is 5.46. The van der Waals surface area contributed by atoms with E-state index in [1.807, 2.05) is 19.1 Å². The lowest BCUT2D eigenvalue weighted by Crippen LogP contribution is -2.36. The third kappa shape index (κ3) is 3.64. The van der Waals surface area contributed by atoms with Gasteiger partial charge in [0.2, 0.25) is 0 Å². The lowest BCUT2D eigenvalue weighted by molar-refractivity contribution is 0.0206. The molecule has 1 aromatic carbocycles. The normalized spacial score (nSPS) is 21.9. The molecule has 1 atom stereocenters. The summed E-state index contributed by atoms with van der Waals surface area (Å²) in [7, 11) is 1.68. The molecule has 1 unspecified atom stereocenters. The van der Waals surface area contributed by atoms with Gasteiger partial charge in [-0.25, -0.2) is 0 Å². The smallest absolute Gasteiger partial charge is 0.165 e. The van der Waals surface area contributed by atoms with E-state index in [1.165, 1.54) is 0 Å². The number of ether oxygens (including phenoxy) is 3. The minimum absolute atomic E-state index is 0.0231. The van der Waals surface area contributed by atoms with E-state index in [0.29, 0.717) is 6.61 Å². The van der Waals surface area contributed by atoms with Gasteiger partial charge in [-0.3, -0.25) is 0 Å². The van der Waals surface area contributed by atoms with Gasteiger partial charge in [-0.2, -0.15) is 0 Å². The van der Waals surface area contributed by atoms with Crippen LogP contribution in [-0.2, 0) is 11.3 Å². The molecular formula is C16H25NO3. The summed E-state index contributed by atoms with van der Waals surface area (Å²) in [6.07, 6.45) is 2.28. The molecule has 4 nitrogen and oxygen atoms in total. The number of para-hydroxylation sites is 1. The highest BCUT2D eigenvalue weighted by atomic mass is 16.5. The third-order valence-electron chi connectivity index (χ3n) is 3.68. The molecule has 0 amide bonds. The van der Waals surface area contributed by atoms with Crippen LogP contribution in [0.25, 0.3) is 0 Å². The van der Waals surface area contributed by atoms with E-state index in [1.54, 1.807) is 7.11 Å². The van der Waals surface area contributed by atoms with Crippen molar-refractivity contribution in [3.05, 3.63) is 23.8 Å². The first-order valence-corrected chi connectivity index (χ1v) is 7.32. The van der Waals surface area contributed by atoms with Gasteiger partial charge >= 0.3 is 0 Å². The molecule has 0 aliphatic carbocycles. The highest BCUT2D eigenvalue weighted by Gasteiger charge is 2.29. The molecule has 4 heteroatoms. The minimum atomic E-state index is -0.0231. The van der Waals surface area contributed by atoms with E-state index in [9.17, 15) is 0 Å². The molecule has 112 valence electrons. The molecular weight excluding hydrogens is 254 g/mol. The zero-order chi connectivity index (χ0) is 14.4. The van der Waals surface area contributed by atoms with Crippen molar-refractivity contribution in [3.63, 3.8) is 0 Å². The maximum atomic E-state index is 5.78. The van der Waals surface area contributed by atoms with Crippen molar-refractivity contribution in [2.45, 2.75) is 38.8 Å². The molecule has 0 aromatic heterocycles. The fourth-order valence-electron chi connectivity index (χ4n) is 2.64. The largest absolute Gasteiger partial charge is 0.493 e. The first kappa shape index (κ1) is 15.1. The summed E-state index contributed by atoms with van der Waals surface area (Å²) in [6, 6.07) is 6.00. The summed E-state index contributed by atoms with van der Waals surface area (Å²) in [4.78, 5) is 0. The fourth-order valence-corrected chi connectivity index (χ4v) is 2.64. The zero-order valence-corrected chi connectivity index (χ0v) is 12.7. The molecule has 1 aromatic rings. The van der Waals surface area contributed by atoms with Gasteiger partial charge < -0.3 is 19.5 Å². The maximum absolute atomic E-state index is 5.78. The van der Waals surface area contributed by atoms with E-state index in [0.717, 1.165) is 49.6 Å². The average Bonchev–Trinajstić information content (AvgIpc) is 2.86. The molecule has 0 spiro atoms. The summed E-state index contributed by atoms with van der Waals surface area (Å²) in [5.41, 5.74) is 1.09. The van der Waals surface area contributed by atoms with E-state index < -0.39 is 0 Å². The van der Waals surface area contributed by atoms with Crippen LogP contribution < -0.4 is 14.8 Å². The lowest BCUT2D eigenvalue weighted by atomic mass is 10.0. The number of nitrogens with one attached hydrogen (secondary N) is 1. The predicted molar refractivity (Wildman–Crippen MR) is 79.5 cm³/mol. The zero-order valence-electron chi connectivity index (χ0n) is 12.7. The molecule has 1 fully saturated rings. The molecule has 20 heavy (non-hydrogen) atoms. The second kappa shape index (κ2) is 6.95. The SMILES string of the molecule is CCOc1cccc(CNCC2(C)CCCO2)c1OC. The molecule has 1 aliphatic rings. The van der Waals surface area contributed by atoms with Crippen LogP contribution in [0, 0.1) is 0 Å². The van der Waals surface area contributed by atoms with E-state index in [-0.39, 0.29) is 5.60 Å². The lowest BCUT2D eigenvalue weighted by Gasteiger charge is -2.24. The van der Waals surface area contributed by atoms with Crippen LogP contribution in [0.5, 0.6) is 11.5 Å². The summed E-state index contributed by atoms with van der Waals surface area (Å²) in [6.45, 7) is 7.27. The van der Waals surface area contributed by atoms with Crippen molar-refractivity contribution < 1.29 is 14.2 Å². The topological polar surface area (TPSA) is 39.7 Å². The van der Waals surface area contributed by atoms with Crippen LogP contribution >= 0.6 is 0 Å². The molecule has 2 rings (SSSR count). The summed E-state index contributed by atoms with van der Waals surface area (Å²) >= 11 is 0. The summed E-state index contributed by atoms with van der Waals surface area (Å²) < 4.78 is 16.8. The summed E-state index contributed by atoms with van der Waals surface area (Å²) in [5.74, 6) is 1.62. The van der Waals surface area contributed by atoms with Crippen molar-refractivity contribution in [3.8, 4) is 11.5 Å². The van der Waals surface area contributed by atoms with E-state index in [2.05, 4.69) is 18.3 Å². The Balaban J connectivity index is 1.96. The van der Waals surface area contributed by atoms with Gasteiger partial charge in [0, 0.05) is 25.3 Å². The van der Waals surface area contributed by atoms with Gasteiger partial charge in [-0.1, -0.05) is 12.1 Å². The van der Waals surface area contributed by atoms with Crippen molar-refractivity contribution in [1.29, 1.82) is 0 Å². The van der Waals surface area contributed by atoms with Gasteiger partial charge in [-0.15, -0.1) is 0 Å². The molecule has 1 heterocycles. The summed E-state index contributed by atoms with van der Waals surface area (Å²) in [5, 5.41) is 3.47. The molecule has 0 bridgehead atoms. The Morgan fingerprint density at radius 3 is 2.90 bits per heavy atom. The molecule has 1 saturated heterocycles. The Hall–Kier alpha value is -1.26. The number of hydrogen-bond acceptors (Lipinski definition) is 4. The number of benzene rings is 1. The van der Waals surface area contributed by atoms with Crippen molar-refractivity contribution in [1.82, 2.24) is 5.32 Å². The van der Waals surface area contributed by atoms with Crippen LogP contribution in [0.4, 0.5) is 0 Å². The molecule has 0 radical (unpaired) electrons. The number of rotatable bonds is 7. The van der Waals surface area contributed by atoms with Gasteiger partial charge in [0.25, 0.3) is 0 Å². The maximum Gasteiger partial charge on any atom is 0.165 e. The van der Waals surface area contributed by atoms with Crippen LogP contribution in [0.3, 0.4) is 0 Å². The predicted octanol–water partition coefficient (Wildman–Crippen LogP) is 2.75. The standard InChI is InChI=1S/C16H25NO3/c1-4-19-14-8-5-7-13(15(14)18-3)11-17-12-16(2)9-6-10-20-16/h5,7-8,17H,4,6,9-12H2,1-3H3. The highest BCUT2D eigenvalue weighted by Crippen LogP contribution is 2.31. The van der Waals surface area contributed by atoms with Gasteiger partial charge in [-0.05, 0) is 32.8 Å². The van der Waals surface area contributed by atoms with Crippen molar-refractivity contribution in [2.75, 3.05) is 26.9 Å². The Labute approximate surface area is 121 Å². The van der Waals surface area contributed by atoms with Crippen molar-refractivity contribution >= 4 is 0 Å². The quantitative estimate of drug-likeness (QED) is 0.833. The van der Waals surface area contributed by atoms with Crippen LogP contribution in [0.2, 0.25) is 0 Å². The van der Waals surface area contributed by atoms with Crippen LogP contribution in [0.15, 0.2) is 18.2 Å². The Bertz CT molecular complexity index is 428. The fraction of sp³-hybridized carbons (Fsp3) is 0.625. The van der Waals surface area contributed by atoms with Crippen LogP contribution in [-0.4, -0.2) is 32.5 Å². The number of hydrogen-bond donors (Lipinski definition) is 1. The Morgan fingerprint density at radius 1 is 1.40 bits per heavy atom. The third-order valence-corrected chi connectivity index (χ3v) is 3.68. The van der Waals surface area contributed by atoms with Gasteiger partial charge in [0.1, 0.15) is 0 Å². The van der Waals surface area contributed by atoms with E-state index >= 15 is 0 Å². The van der Waals surface area contributed by atoms with Gasteiger partial charge in [0.05, 0.1) is 19.3 Å². The average molecular weight is 279 g/mol. The monoisotopic (exact) mass is 279 g/mol. The van der Waals surface area contributed by atoms with E-state index in [4.69, 9.17) is 14.2 Å². The Kier molecular flexibility index (Phi) is 5.26. The van der Waals surface area contributed by atoms with Gasteiger partial charge in [0.15, 0.2) is 11.5 Å². The molecule has 0 saturated carbocycles. The number of methoxy groups -OCH3 is 1. The molecule has 1 aliphatic heterocycles. The molecule has 1 N–H and O–H groups in total. The van der Waals surface area contributed by atoms with Crippen molar-refractivity contribution in [2.24, 2.45) is 0 Å². The first-order valence-electron chi connectivity index (χ1n) is 7.32. The second-order valence-corrected chi connectivity index (χ2v) is 5.39. The first-order chi connectivity index (χ1) is 9.68.